The molecule has 5 nitrogen and oxygen atoms in total. The number of nitrogens with one attached hydrogen (secondary N) is 1. The predicted octanol–water partition coefficient (Wildman–Crippen LogP) is -0.674. The number of carbonyl (C=O) groups excluding carboxylic acids is 1. The monoisotopic (exact) mass is 203 g/mol. The molecule has 0 atom stereocenters. The van der Waals surface area contributed by atoms with Crippen molar-refractivity contribution in [1.29, 1.82) is 0 Å². The molecule has 0 radical (unpaired) electrons. The SMILES string of the molecule is C[N+](C)(CCCNCC=O)CC(=O)O. The van der Waals surface area contributed by atoms with E-state index in [0.717, 1.165) is 25.8 Å². The van der Waals surface area contributed by atoms with Crippen LogP contribution in [0, 0.1) is 0 Å². The molecular formula is C9H19N2O3+. The zero-order chi connectivity index (χ0) is 11.0. The van der Waals surface area contributed by atoms with Crippen LogP contribution in [0.15, 0.2) is 0 Å². The number of aliphatic carboxylic acids is 1. The van der Waals surface area contributed by atoms with Gasteiger partial charge in [-0.05, 0) is 0 Å². The molecule has 0 aromatic carbocycles. The highest BCUT2D eigenvalue weighted by Crippen LogP contribution is 1.97. The van der Waals surface area contributed by atoms with Crippen molar-refractivity contribution >= 4 is 12.3 Å². The molecule has 0 spiro atoms. The highest BCUT2D eigenvalue weighted by Gasteiger charge is 2.18. The fourth-order valence-corrected chi connectivity index (χ4v) is 1.24. The number of likely N-dealkylation sites (N-methyl/N-ethyl adjacent to an activating group) is 1. The summed E-state index contributed by atoms with van der Waals surface area (Å²) in [6.07, 6.45) is 1.69. The van der Waals surface area contributed by atoms with Crippen LogP contribution in [0.2, 0.25) is 0 Å². The van der Waals surface area contributed by atoms with Gasteiger partial charge in [-0.2, -0.15) is 0 Å². The molecule has 0 aromatic rings. The summed E-state index contributed by atoms with van der Waals surface area (Å²) < 4.78 is 0.470. The second-order valence-corrected chi connectivity index (χ2v) is 3.94. The van der Waals surface area contributed by atoms with Crippen LogP contribution < -0.4 is 5.32 Å². The van der Waals surface area contributed by atoms with E-state index < -0.39 is 5.97 Å². The zero-order valence-electron chi connectivity index (χ0n) is 8.82. The Bertz CT molecular complexity index is 192. The van der Waals surface area contributed by atoms with Gasteiger partial charge in [-0.15, -0.1) is 0 Å². The van der Waals surface area contributed by atoms with Crippen molar-refractivity contribution in [3.63, 3.8) is 0 Å². The van der Waals surface area contributed by atoms with Crippen LogP contribution in [0.4, 0.5) is 0 Å². The van der Waals surface area contributed by atoms with E-state index in [1.54, 1.807) is 0 Å². The minimum absolute atomic E-state index is 0.133. The van der Waals surface area contributed by atoms with E-state index >= 15 is 0 Å². The van der Waals surface area contributed by atoms with Gasteiger partial charge in [0.05, 0.1) is 27.2 Å². The van der Waals surface area contributed by atoms with Gasteiger partial charge in [0, 0.05) is 13.0 Å². The third kappa shape index (κ3) is 7.70. The Labute approximate surface area is 84.3 Å². The van der Waals surface area contributed by atoms with Gasteiger partial charge in [0.15, 0.2) is 6.54 Å². The summed E-state index contributed by atoms with van der Waals surface area (Å²) in [4.78, 5) is 20.4. The molecule has 0 saturated heterocycles. The Morgan fingerprint density at radius 2 is 2.14 bits per heavy atom. The minimum atomic E-state index is -0.782. The number of hydrogen-bond donors (Lipinski definition) is 2. The maximum Gasteiger partial charge on any atom is 0.359 e. The van der Waals surface area contributed by atoms with Gasteiger partial charge >= 0.3 is 5.97 Å². The number of aldehydes is 1. The van der Waals surface area contributed by atoms with Crippen molar-refractivity contribution < 1.29 is 19.2 Å². The number of hydrogen-bond acceptors (Lipinski definition) is 3. The first-order valence-electron chi connectivity index (χ1n) is 4.66. The molecule has 0 saturated carbocycles. The lowest BCUT2D eigenvalue weighted by atomic mass is 10.3. The third-order valence-electron chi connectivity index (χ3n) is 1.91. The summed E-state index contributed by atoms with van der Waals surface area (Å²) in [6.45, 7) is 2.04. The minimum Gasteiger partial charge on any atom is -0.477 e. The molecule has 0 rings (SSSR count). The Balaban J connectivity index is 3.54. The summed E-state index contributed by atoms with van der Waals surface area (Å²) in [5.74, 6) is -0.782. The van der Waals surface area contributed by atoms with Crippen LogP contribution in [0.5, 0.6) is 0 Å². The molecule has 0 aliphatic heterocycles. The second-order valence-electron chi connectivity index (χ2n) is 3.94. The van der Waals surface area contributed by atoms with Crippen LogP contribution in [0.1, 0.15) is 6.42 Å². The van der Waals surface area contributed by atoms with Gasteiger partial charge in [0.2, 0.25) is 0 Å². The van der Waals surface area contributed by atoms with Crippen molar-refractivity contribution in [2.45, 2.75) is 6.42 Å². The zero-order valence-corrected chi connectivity index (χ0v) is 8.82. The van der Waals surface area contributed by atoms with E-state index in [0.29, 0.717) is 11.0 Å². The van der Waals surface area contributed by atoms with Crippen molar-refractivity contribution in [3.8, 4) is 0 Å². The maximum absolute atomic E-state index is 10.5. The Morgan fingerprint density at radius 1 is 1.50 bits per heavy atom. The molecule has 0 heterocycles. The van der Waals surface area contributed by atoms with Gasteiger partial charge in [0.25, 0.3) is 0 Å². The standard InChI is InChI=1S/C9H18N2O3/c1-11(2,8-9(13)14)6-3-4-10-5-7-12/h7,10H,3-6,8H2,1-2H3/p+1. The lowest BCUT2D eigenvalue weighted by Crippen LogP contribution is -2.45. The quantitative estimate of drug-likeness (QED) is 0.312. The Morgan fingerprint density at radius 3 is 2.64 bits per heavy atom. The van der Waals surface area contributed by atoms with Crippen LogP contribution in [0.25, 0.3) is 0 Å². The molecule has 0 amide bonds. The van der Waals surface area contributed by atoms with Crippen molar-refractivity contribution in [1.82, 2.24) is 5.32 Å². The van der Waals surface area contributed by atoms with Gasteiger partial charge in [0.1, 0.15) is 6.29 Å². The molecule has 0 aliphatic rings. The second kappa shape index (κ2) is 6.50. The topological polar surface area (TPSA) is 66.4 Å². The largest absolute Gasteiger partial charge is 0.477 e. The molecule has 0 aromatic heterocycles. The highest BCUT2D eigenvalue weighted by atomic mass is 16.4. The lowest BCUT2D eigenvalue weighted by molar-refractivity contribution is -0.883. The fraction of sp³-hybridized carbons (Fsp3) is 0.778. The number of carbonyl (C=O) groups is 2. The van der Waals surface area contributed by atoms with E-state index in [9.17, 15) is 9.59 Å². The summed E-state index contributed by atoms with van der Waals surface area (Å²) in [6, 6.07) is 0. The average Bonchev–Trinajstić information content (AvgIpc) is 2.01. The lowest BCUT2D eigenvalue weighted by Gasteiger charge is -2.27. The van der Waals surface area contributed by atoms with Crippen LogP contribution in [-0.2, 0) is 9.59 Å². The molecule has 0 bridgehead atoms. The summed E-state index contributed by atoms with van der Waals surface area (Å²) in [5.41, 5.74) is 0. The molecule has 0 fully saturated rings. The van der Waals surface area contributed by atoms with Crippen LogP contribution in [-0.4, -0.2) is 62.1 Å². The first kappa shape index (κ1) is 13.1. The summed E-state index contributed by atoms with van der Waals surface area (Å²) in [7, 11) is 3.77. The van der Waals surface area contributed by atoms with Crippen molar-refractivity contribution in [3.05, 3.63) is 0 Å². The number of carboxylic acid groups (broad SMARTS) is 1. The van der Waals surface area contributed by atoms with Crippen LogP contribution in [0.3, 0.4) is 0 Å². The maximum atomic E-state index is 10.5. The molecule has 0 aliphatic carbocycles. The number of rotatable bonds is 8. The Hall–Kier alpha value is -0.940. The molecule has 2 N–H and O–H groups in total. The van der Waals surface area contributed by atoms with E-state index in [-0.39, 0.29) is 6.54 Å². The van der Waals surface area contributed by atoms with Gasteiger partial charge in [-0.3, -0.25) is 0 Å². The summed E-state index contributed by atoms with van der Waals surface area (Å²) in [5, 5.41) is 11.5. The fourth-order valence-electron chi connectivity index (χ4n) is 1.24. The van der Waals surface area contributed by atoms with Crippen molar-refractivity contribution in [2.75, 3.05) is 40.3 Å². The number of nitrogens with zero attached hydrogens (tertiary/aromatic N) is 1. The third-order valence-corrected chi connectivity index (χ3v) is 1.91. The van der Waals surface area contributed by atoms with Gasteiger partial charge in [-0.1, -0.05) is 0 Å². The van der Waals surface area contributed by atoms with E-state index in [2.05, 4.69) is 5.32 Å². The van der Waals surface area contributed by atoms with Gasteiger partial charge < -0.3 is 19.7 Å². The van der Waals surface area contributed by atoms with E-state index in [4.69, 9.17) is 5.11 Å². The van der Waals surface area contributed by atoms with Gasteiger partial charge in [-0.25, -0.2) is 4.79 Å². The smallest absolute Gasteiger partial charge is 0.359 e. The van der Waals surface area contributed by atoms with Crippen molar-refractivity contribution in [2.24, 2.45) is 0 Å². The first-order valence-corrected chi connectivity index (χ1v) is 4.66. The first-order chi connectivity index (χ1) is 6.48. The molecule has 14 heavy (non-hydrogen) atoms. The Kier molecular flexibility index (Phi) is 6.07. The normalized spacial score (nSPS) is 11.3. The number of quaternary nitrogens is 1. The van der Waals surface area contributed by atoms with E-state index in [1.807, 2.05) is 14.1 Å². The highest BCUT2D eigenvalue weighted by molar-refractivity contribution is 5.67. The predicted molar refractivity (Wildman–Crippen MR) is 53.0 cm³/mol. The average molecular weight is 203 g/mol. The summed E-state index contributed by atoms with van der Waals surface area (Å²) >= 11 is 0. The van der Waals surface area contributed by atoms with Crippen LogP contribution >= 0.6 is 0 Å². The number of carboxylic acids is 1. The molecule has 5 heteroatoms. The van der Waals surface area contributed by atoms with E-state index in [1.165, 1.54) is 0 Å². The molecule has 82 valence electrons. The molecular weight excluding hydrogens is 184 g/mol. The molecule has 0 unspecified atom stereocenters.